The van der Waals surface area contributed by atoms with Gasteiger partial charge in [-0.1, -0.05) is 48.0 Å². The van der Waals surface area contributed by atoms with Crippen molar-refractivity contribution in [2.24, 2.45) is 5.10 Å². The van der Waals surface area contributed by atoms with Gasteiger partial charge < -0.3 is 15.8 Å². The van der Waals surface area contributed by atoms with Crippen molar-refractivity contribution in [2.75, 3.05) is 10.7 Å². The van der Waals surface area contributed by atoms with Gasteiger partial charge in [-0.05, 0) is 62.6 Å². The number of carbonyl (C=O) groups excluding carboxylic acids is 1. The maximum atomic E-state index is 12.7. The Kier molecular flexibility index (Phi) is 6.50. The smallest absolute Gasteiger partial charge is 0.277 e. The van der Waals surface area contributed by atoms with Crippen LogP contribution in [0, 0.1) is 26.2 Å². The molecule has 0 spiro atoms. The highest BCUT2D eigenvalue weighted by Gasteiger charge is 2.16. The lowest BCUT2D eigenvalue weighted by Crippen LogP contribution is -2.29. The largest absolute Gasteiger partial charge is 0.505 e. The predicted molar refractivity (Wildman–Crippen MR) is 127 cm³/mol. The third-order valence-electron chi connectivity index (χ3n) is 4.99. The first-order valence-corrected chi connectivity index (χ1v) is 9.93. The standard InChI is InChI=1S/C25H26N4O2/c1-15-7-5-8-19(13-15)21-9-6-10-22(24(21)30)28-29-23(18(4)26)25(31)27-20-12-11-16(2)17(3)14-20/h5-14,26,28,30H,1-4H3,(H,27,31)/b26-18?,29-23-. The average molecular weight is 415 g/mol. The summed E-state index contributed by atoms with van der Waals surface area (Å²) in [7, 11) is 0. The second kappa shape index (κ2) is 9.26. The summed E-state index contributed by atoms with van der Waals surface area (Å²) < 4.78 is 0. The van der Waals surface area contributed by atoms with Crippen LogP contribution >= 0.6 is 0 Å². The average Bonchev–Trinajstić information content (AvgIpc) is 2.72. The first-order chi connectivity index (χ1) is 14.8. The lowest BCUT2D eigenvalue weighted by molar-refractivity contribution is -0.110. The lowest BCUT2D eigenvalue weighted by atomic mass is 10.0. The summed E-state index contributed by atoms with van der Waals surface area (Å²) in [6, 6.07) is 18.7. The summed E-state index contributed by atoms with van der Waals surface area (Å²) in [6.07, 6.45) is 0. The van der Waals surface area contributed by atoms with Gasteiger partial charge in [-0.3, -0.25) is 10.2 Å². The van der Waals surface area contributed by atoms with Gasteiger partial charge in [0.15, 0.2) is 5.71 Å². The van der Waals surface area contributed by atoms with Crippen LogP contribution in [0.2, 0.25) is 0 Å². The molecule has 0 saturated carbocycles. The molecule has 3 aromatic rings. The highest BCUT2D eigenvalue weighted by Crippen LogP contribution is 2.35. The Labute approximate surface area is 182 Å². The topological polar surface area (TPSA) is 97.6 Å². The highest BCUT2D eigenvalue weighted by atomic mass is 16.3. The molecule has 0 bridgehead atoms. The fourth-order valence-electron chi connectivity index (χ4n) is 3.11. The number of aryl methyl sites for hydroxylation is 3. The van der Waals surface area contributed by atoms with Crippen molar-refractivity contribution in [3.63, 3.8) is 0 Å². The number of aromatic hydroxyl groups is 1. The number of amides is 1. The molecule has 0 aliphatic heterocycles. The molecule has 1 amide bonds. The van der Waals surface area contributed by atoms with E-state index in [2.05, 4.69) is 15.8 Å². The molecule has 31 heavy (non-hydrogen) atoms. The molecule has 0 radical (unpaired) electrons. The van der Waals surface area contributed by atoms with Gasteiger partial charge in [0.25, 0.3) is 5.91 Å². The Morgan fingerprint density at radius 1 is 0.968 bits per heavy atom. The SMILES string of the molecule is CC(=N)/C(=N/Nc1cccc(-c2cccc(C)c2)c1O)C(=O)Nc1ccc(C)c(C)c1. The Bertz CT molecular complexity index is 1180. The second-order valence-electron chi connectivity index (χ2n) is 7.52. The minimum Gasteiger partial charge on any atom is -0.505 e. The van der Waals surface area contributed by atoms with Crippen LogP contribution in [-0.2, 0) is 4.79 Å². The van der Waals surface area contributed by atoms with Gasteiger partial charge in [-0.2, -0.15) is 5.10 Å². The molecule has 3 rings (SSSR count). The van der Waals surface area contributed by atoms with Crippen LogP contribution in [0.15, 0.2) is 65.8 Å². The van der Waals surface area contributed by atoms with Gasteiger partial charge in [0.1, 0.15) is 5.75 Å². The monoisotopic (exact) mass is 414 g/mol. The van der Waals surface area contributed by atoms with Gasteiger partial charge in [0.05, 0.1) is 11.4 Å². The van der Waals surface area contributed by atoms with Gasteiger partial charge in [0, 0.05) is 11.3 Å². The number of hydrazone groups is 1. The van der Waals surface area contributed by atoms with Crippen LogP contribution in [0.3, 0.4) is 0 Å². The maximum Gasteiger partial charge on any atom is 0.277 e. The maximum absolute atomic E-state index is 12.7. The summed E-state index contributed by atoms with van der Waals surface area (Å²) in [6.45, 7) is 7.44. The first kappa shape index (κ1) is 21.8. The number of phenols is 1. The minimum absolute atomic E-state index is 0.00293. The Hall–Kier alpha value is -3.93. The minimum atomic E-state index is -0.502. The fraction of sp³-hybridized carbons (Fsp3) is 0.160. The zero-order chi connectivity index (χ0) is 22.5. The molecule has 0 aliphatic carbocycles. The molecule has 3 aromatic carbocycles. The number of rotatable bonds is 6. The van der Waals surface area contributed by atoms with Crippen molar-refractivity contribution < 1.29 is 9.90 Å². The summed E-state index contributed by atoms with van der Waals surface area (Å²) in [5.74, 6) is -0.481. The first-order valence-electron chi connectivity index (χ1n) is 9.93. The molecule has 0 aliphatic rings. The summed E-state index contributed by atoms with van der Waals surface area (Å²) in [5.41, 5.74) is 8.44. The van der Waals surface area contributed by atoms with Crippen LogP contribution in [0.25, 0.3) is 11.1 Å². The molecule has 0 saturated heterocycles. The van der Waals surface area contributed by atoms with Gasteiger partial charge in [-0.25, -0.2) is 0 Å². The van der Waals surface area contributed by atoms with Crippen molar-refractivity contribution in [1.29, 1.82) is 5.41 Å². The lowest BCUT2D eigenvalue weighted by Gasteiger charge is -2.12. The van der Waals surface area contributed by atoms with Crippen LogP contribution in [0.5, 0.6) is 5.75 Å². The van der Waals surface area contributed by atoms with E-state index in [1.54, 1.807) is 12.1 Å². The molecule has 0 unspecified atom stereocenters. The van der Waals surface area contributed by atoms with Crippen LogP contribution in [0.1, 0.15) is 23.6 Å². The number of para-hydroxylation sites is 1. The van der Waals surface area contributed by atoms with E-state index in [9.17, 15) is 9.90 Å². The van der Waals surface area contributed by atoms with Crippen molar-refractivity contribution in [3.8, 4) is 16.9 Å². The number of hydrogen-bond acceptors (Lipinski definition) is 5. The molecule has 4 N–H and O–H groups in total. The number of nitrogens with zero attached hydrogens (tertiary/aromatic N) is 1. The zero-order valence-corrected chi connectivity index (χ0v) is 18.1. The zero-order valence-electron chi connectivity index (χ0n) is 18.1. The van der Waals surface area contributed by atoms with Crippen LogP contribution < -0.4 is 10.7 Å². The molecule has 0 atom stereocenters. The molecule has 0 aromatic heterocycles. The molecule has 6 heteroatoms. The summed E-state index contributed by atoms with van der Waals surface area (Å²) in [5, 5.41) is 25.6. The molecule has 158 valence electrons. The van der Waals surface area contributed by atoms with E-state index in [0.29, 0.717) is 16.9 Å². The molecular formula is C25H26N4O2. The van der Waals surface area contributed by atoms with Crippen LogP contribution in [0.4, 0.5) is 11.4 Å². The summed E-state index contributed by atoms with van der Waals surface area (Å²) >= 11 is 0. The van der Waals surface area contributed by atoms with Gasteiger partial charge >= 0.3 is 0 Å². The normalized spacial score (nSPS) is 11.2. The second-order valence-corrected chi connectivity index (χ2v) is 7.52. The Morgan fingerprint density at radius 3 is 2.39 bits per heavy atom. The van der Waals surface area contributed by atoms with E-state index in [1.165, 1.54) is 6.92 Å². The predicted octanol–water partition coefficient (Wildman–Crippen LogP) is 5.43. The molecular weight excluding hydrogens is 388 g/mol. The summed E-state index contributed by atoms with van der Waals surface area (Å²) in [4.78, 5) is 12.7. The van der Waals surface area contributed by atoms with Gasteiger partial charge in [-0.15, -0.1) is 0 Å². The number of anilines is 2. The Morgan fingerprint density at radius 2 is 1.71 bits per heavy atom. The van der Waals surface area contributed by atoms with Crippen molar-refractivity contribution in [3.05, 3.63) is 77.4 Å². The van der Waals surface area contributed by atoms with Crippen molar-refractivity contribution in [2.45, 2.75) is 27.7 Å². The quantitative estimate of drug-likeness (QED) is 0.246. The third-order valence-corrected chi connectivity index (χ3v) is 4.99. The number of hydrogen-bond donors (Lipinski definition) is 4. The Balaban J connectivity index is 1.85. The van der Waals surface area contributed by atoms with Gasteiger partial charge in [0.2, 0.25) is 0 Å². The molecule has 0 fully saturated rings. The van der Waals surface area contributed by atoms with E-state index in [-0.39, 0.29) is 17.2 Å². The van der Waals surface area contributed by atoms with E-state index < -0.39 is 5.91 Å². The molecule has 6 nitrogen and oxygen atoms in total. The number of carbonyl (C=O) groups is 1. The van der Waals surface area contributed by atoms with Crippen LogP contribution in [-0.4, -0.2) is 22.4 Å². The third kappa shape index (κ3) is 5.17. The highest BCUT2D eigenvalue weighted by molar-refractivity contribution is 6.67. The number of nitrogens with one attached hydrogen (secondary N) is 3. The van der Waals surface area contributed by atoms with E-state index >= 15 is 0 Å². The van der Waals surface area contributed by atoms with E-state index in [1.807, 2.05) is 69.3 Å². The number of phenolic OH excluding ortho intramolecular Hbond substituents is 1. The van der Waals surface area contributed by atoms with E-state index in [0.717, 1.165) is 22.3 Å². The molecule has 0 heterocycles. The fourth-order valence-corrected chi connectivity index (χ4v) is 3.11. The van der Waals surface area contributed by atoms with E-state index in [4.69, 9.17) is 5.41 Å². The van der Waals surface area contributed by atoms with Crippen molar-refractivity contribution >= 4 is 28.7 Å². The van der Waals surface area contributed by atoms with Crippen molar-refractivity contribution in [1.82, 2.24) is 0 Å². The number of benzene rings is 3.